The van der Waals surface area contributed by atoms with Gasteiger partial charge in [-0.25, -0.2) is 19.0 Å². The van der Waals surface area contributed by atoms with Crippen LogP contribution in [-0.2, 0) is 4.79 Å². The quantitative estimate of drug-likeness (QED) is 0.354. The summed E-state index contributed by atoms with van der Waals surface area (Å²) in [4.78, 5) is 20.8. The molecule has 28 heavy (non-hydrogen) atoms. The fraction of sp³-hybridized carbons (Fsp3) is 0.0526. The Morgan fingerprint density at radius 3 is 2.61 bits per heavy atom. The van der Waals surface area contributed by atoms with Gasteiger partial charge in [-0.2, -0.15) is 5.10 Å². The Morgan fingerprint density at radius 1 is 1.11 bits per heavy atom. The van der Waals surface area contributed by atoms with Gasteiger partial charge in [-0.15, -0.1) is 0 Å². The van der Waals surface area contributed by atoms with Crippen LogP contribution in [0.5, 0.6) is 0 Å². The normalized spacial score (nSPS) is 10.9. The average molecular weight is 458 g/mol. The molecule has 0 saturated heterocycles. The van der Waals surface area contributed by atoms with Gasteiger partial charge in [-0.05, 0) is 48.5 Å². The van der Waals surface area contributed by atoms with Crippen LogP contribution in [0.3, 0.4) is 0 Å². The minimum absolute atomic E-state index is 0.134. The van der Waals surface area contributed by atoms with Crippen molar-refractivity contribution in [2.45, 2.75) is 5.03 Å². The summed E-state index contributed by atoms with van der Waals surface area (Å²) in [5.74, 6) is -0.253. The summed E-state index contributed by atoms with van der Waals surface area (Å²) in [5, 5.41) is 8.56. The minimum Gasteiger partial charge on any atom is -0.325 e. The van der Waals surface area contributed by atoms with Gasteiger partial charge in [0.25, 0.3) is 0 Å². The molecular weight excluding hydrogens is 445 g/mol. The third-order valence-electron chi connectivity index (χ3n) is 3.87. The molecule has 4 aromatic rings. The number of anilines is 1. The molecule has 0 aliphatic rings. The Bertz CT molecular complexity index is 1130. The second-order valence-electron chi connectivity index (χ2n) is 5.79. The number of nitrogens with one attached hydrogen (secondary N) is 1. The van der Waals surface area contributed by atoms with Crippen molar-refractivity contribution in [3.05, 3.63) is 71.3 Å². The highest BCUT2D eigenvalue weighted by molar-refractivity contribution is 9.10. The van der Waals surface area contributed by atoms with E-state index in [0.29, 0.717) is 16.4 Å². The summed E-state index contributed by atoms with van der Waals surface area (Å²) in [5.41, 5.74) is 2.02. The number of halogens is 2. The largest absolute Gasteiger partial charge is 0.325 e. The van der Waals surface area contributed by atoms with Crippen LogP contribution in [0.15, 0.2) is 70.6 Å². The molecule has 2 aromatic heterocycles. The van der Waals surface area contributed by atoms with Crippen LogP contribution in [0, 0.1) is 5.82 Å². The SMILES string of the molecule is O=C(CSc1ncnc2c1cnn2-c1ccc(F)cc1)Nc1ccc(Br)cc1. The highest BCUT2D eigenvalue weighted by Gasteiger charge is 2.13. The van der Waals surface area contributed by atoms with Gasteiger partial charge in [0.1, 0.15) is 17.2 Å². The van der Waals surface area contributed by atoms with E-state index < -0.39 is 0 Å². The lowest BCUT2D eigenvalue weighted by Gasteiger charge is -2.06. The standard InChI is InChI=1S/C19H13BrFN5OS/c20-12-1-5-14(6-2-12)25-17(27)10-28-19-16-9-24-26(18(16)22-11-23-19)15-7-3-13(21)4-8-15/h1-9,11H,10H2,(H,25,27). The Hall–Kier alpha value is -2.78. The van der Waals surface area contributed by atoms with E-state index in [1.54, 1.807) is 23.0 Å². The van der Waals surface area contributed by atoms with Gasteiger partial charge in [0.15, 0.2) is 5.65 Å². The van der Waals surface area contributed by atoms with Crippen molar-refractivity contribution in [2.24, 2.45) is 0 Å². The van der Waals surface area contributed by atoms with Crippen molar-refractivity contribution in [3.63, 3.8) is 0 Å². The van der Waals surface area contributed by atoms with Gasteiger partial charge in [0, 0.05) is 10.2 Å². The molecule has 0 radical (unpaired) electrons. The van der Waals surface area contributed by atoms with Crippen molar-refractivity contribution >= 4 is 50.3 Å². The number of hydrogen-bond acceptors (Lipinski definition) is 5. The highest BCUT2D eigenvalue weighted by atomic mass is 79.9. The van der Waals surface area contributed by atoms with Crippen molar-refractivity contribution in [2.75, 3.05) is 11.1 Å². The number of aromatic nitrogens is 4. The molecule has 0 unspecified atom stereocenters. The van der Waals surface area contributed by atoms with Gasteiger partial charge < -0.3 is 5.32 Å². The van der Waals surface area contributed by atoms with Crippen LogP contribution < -0.4 is 5.32 Å². The van der Waals surface area contributed by atoms with E-state index in [0.717, 1.165) is 15.5 Å². The first-order valence-electron chi connectivity index (χ1n) is 8.23. The second-order valence-corrected chi connectivity index (χ2v) is 7.67. The first-order chi connectivity index (χ1) is 13.6. The number of carbonyl (C=O) groups excluding carboxylic acids is 1. The van der Waals surface area contributed by atoms with Gasteiger partial charge in [0.05, 0.1) is 23.0 Å². The number of nitrogens with zero attached hydrogens (tertiary/aromatic N) is 4. The lowest BCUT2D eigenvalue weighted by atomic mass is 10.3. The van der Waals surface area contributed by atoms with Crippen LogP contribution in [0.2, 0.25) is 0 Å². The zero-order chi connectivity index (χ0) is 19.5. The lowest BCUT2D eigenvalue weighted by molar-refractivity contribution is -0.113. The fourth-order valence-corrected chi connectivity index (χ4v) is 3.60. The second kappa shape index (κ2) is 8.07. The first kappa shape index (κ1) is 18.6. The van der Waals surface area contributed by atoms with Crippen LogP contribution >= 0.6 is 27.7 Å². The lowest BCUT2D eigenvalue weighted by Crippen LogP contribution is -2.14. The Labute approximate surface area is 172 Å². The number of fused-ring (bicyclic) bond motifs is 1. The van der Waals surface area contributed by atoms with E-state index >= 15 is 0 Å². The first-order valence-corrected chi connectivity index (χ1v) is 10.0. The maximum absolute atomic E-state index is 13.2. The molecule has 1 amide bonds. The molecule has 0 atom stereocenters. The summed E-state index contributed by atoms with van der Waals surface area (Å²) in [7, 11) is 0. The number of rotatable bonds is 5. The van der Waals surface area contributed by atoms with Crippen LogP contribution in [0.4, 0.5) is 10.1 Å². The van der Waals surface area contributed by atoms with E-state index in [2.05, 4.69) is 36.3 Å². The van der Waals surface area contributed by atoms with Gasteiger partial charge in [0.2, 0.25) is 5.91 Å². The molecule has 0 fully saturated rings. The molecular formula is C19H13BrFN5OS. The molecule has 140 valence electrons. The highest BCUT2D eigenvalue weighted by Crippen LogP contribution is 2.26. The van der Waals surface area contributed by atoms with Crippen molar-refractivity contribution in [3.8, 4) is 5.69 Å². The molecule has 0 aliphatic heterocycles. The molecule has 0 aliphatic carbocycles. The van der Waals surface area contributed by atoms with Gasteiger partial charge in [-0.3, -0.25) is 4.79 Å². The topological polar surface area (TPSA) is 72.7 Å². The third-order valence-corrected chi connectivity index (χ3v) is 5.40. The Balaban J connectivity index is 1.50. The van der Waals surface area contributed by atoms with E-state index in [1.807, 2.05) is 24.3 Å². The van der Waals surface area contributed by atoms with E-state index in [4.69, 9.17) is 0 Å². The molecule has 2 heterocycles. The zero-order valence-electron chi connectivity index (χ0n) is 14.3. The molecule has 6 nitrogen and oxygen atoms in total. The van der Waals surface area contributed by atoms with Gasteiger partial charge in [-0.1, -0.05) is 27.7 Å². The summed E-state index contributed by atoms with van der Waals surface area (Å²) < 4.78 is 15.7. The monoisotopic (exact) mass is 457 g/mol. The molecule has 0 spiro atoms. The van der Waals surface area contributed by atoms with Crippen LogP contribution in [0.1, 0.15) is 0 Å². The van der Waals surface area contributed by atoms with Gasteiger partial charge >= 0.3 is 0 Å². The number of carbonyl (C=O) groups is 1. The number of thioether (sulfide) groups is 1. The predicted molar refractivity (Wildman–Crippen MR) is 110 cm³/mol. The summed E-state index contributed by atoms with van der Waals surface area (Å²) in [6, 6.07) is 13.4. The van der Waals surface area contributed by atoms with E-state index in [-0.39, 0.29) is 17.5 Å². The molecule has 4 rings (SSSR count). The van der Waals surface area contributed by atoms with E-state index in [1.165, 1.54) is 30.2 Å². The fourth-order valence-electron chi connectivity index (χ4n) is 2.57. The maximum atomic E-state index is 13.2. The van der Waals surface area contributed by atoms with Crippen LogP contribution in [-0.4, -0.2) is 31.4 Å². The number of benzene rings is 2. The number of amides is 1. The molecule has 9 heteroatoms. The van der Waals surface area contributed by atoms with Crippen molar-refractivity contribution in [1.29, 1.82) is 0 Å². The van der Waals surface area contributed by atoms with Crippen LogP contribution in [0.25, 0.3) is 16.7 Å². The Morgan fingerprint density at radius 2 is 1.86 bits per heavy atom. The zero-order valence-corrected chi connectivity index (χ0v) is 16.7. The molecule has 1 N–H and O–H groups in total. The van der Waals surface area contributed by atoms with Crippen molar-refractivity contribution in [1.82, 2.24) is 19.7 Å². The summed E-state index contributed by atoms with van der Waals surface area (Å²) in [6.45, 7) is 0. The average Bonchev–Trinajstić information content (AvgIpc) is 3.13. The summed E-state index contributed by atoms with van der Waals surface area (Å²) in [6.07, 6.45) is 3.08. The smallest absolute Gasteiger partial charge is 0.234 e. The van der Waals surface area contributed by atoms with Crippen molar-refractivity contribution < 1.29 is 9.18 Å². The minimum atomic E-state index is -0.317. The Kier molecular flexibility index (Phi) is 5.36. The predicted octanol–water partition coefficient (Wildman–Crippen LogP) is 4.45. The molecule has 0 saturated carbocycles. The van der Waals surface area contributed by atoms with E-state index in [9.17, 15) is 9.18 Å². The molecule has 2 aromatic carbocycles. The maximum Gasteiger partial charge on any atom is 0.234 e. The molecule has 0 bridgehead atoms. The number of hydrogen-bond donors (Lipinski definition) is 1. The third kappa shape index (κ3) is 4.05. The summed E-state index contributed by atoms with van der Waals surface area (Å²) >= 11 is 4.67.